The van der Waals surface area contributed by atoms with Crippen molar-refractivity contribution in [3.8, 4) is 22.3 Å². The topological polar surface area (TPSA) is 21.3 Å². The van der Waals surface area contributed by atoms with Crippen LogP contribution in [0.1, 0.15) is 26.3 Å². The molecule has 0 saturated heterocycles. The van der Waals surface area contributed by atoms with E-state index >= 15 is 0 Å². The van der Waals surface area contributed by atoms with Gasteiger partial charge in [-0.15, -0.1) is 0 Å². The van der Waals surface area contributed by atoms with E-state index in [-0.39, 0.29) is 12.3 Å². The third kappa shape index (κ3) is 4.45. The number of rotatable bonds is 2. The van der Waals surface area contributed by atoms with Crippen LogP contribution in [-0.2, 0) is 5.41 Å². The first kappa shape index (κ1) is 33.0. The van der Waals surface area contributed by atoms with E-state index in [4.69, 9.17) is 4.42 Å². The lowest BCUT2D eigenvalue weighted by Gasteiger charge is -2.42. The molecule has 3 nitrogen and oxygen atoms in total. The summed E-state index contributed by atoms with van der Waals surface area (Å²) in [5.41, 5.74) is 15.6. The third-order valence-electron chi connectivity index (χ3n) is 12.6. The predicted molar refractivity (Wildman–Crippen MR) is 246 cm³/mol. The van der Waals surface area contributed by atoms with Gasteiger partial charge < -0.3 is 13.8 Å². The minimum absolute atomic E-state index is 0.0170. The molecule has 58 heavy (non-hydrogen) atoms. The molecule has 0 unspecified atom stereocenters. The molecule has 5 heterocycles. The first-order valence-electron chi connectivity index (χ1n) is 20.0. The van der Waals surface area contributed by atoms with E-state index in [2.05, 4.69) is 188 Å². The van der Waals surface area contributed by atoms with Crippen LogP contribution in [0, 0.1) is 0 Å². The lowest BCUT2D eigenvalue weighted by atomic mass is 9.45. The van der Waals surface area contributed by atoms with E-state index in [0.717, 1.165) is 16.7 Å². The second kappa shape index (κ2) is 11.8. The van der Waals surface area contributed by atoms with Crippen LogP contribution >= 0.6 is 23.5 Å². The molecule has 0 spiro atoms. The van der Waals surface area contributed by atoms with Crippen LogP contribution in [0.4, 0.5) is 17.1 Å². The van der Waals surface area contributed by atoms with Gasteiger partial charge in [0.25, 0.3) is 0 Å². The summed E-state index contributed by atoms with van der Waals surface area (Å²) in [6, 6.07) is 58.8. The van der Waals surface area contributed by atoms with Crippen LogP contribution in [0.25, 0.3) is 66.0 Å². The highest BCUT2D eigenvalue weighted by Crippen LogP contribution is 2.54. The minimum atomic E-state index is -0.126. The summed E-state index contributed by atoms with van der Waals surface area (Å²) in [5, 5.41) is 6.10. The number of nitrogens with zero attached hydrogens (tertiary/aromatic N) is 2. The molecule has 3 aliphatic rings. The van der Waals surface area contributed by atoms with Crippen LogP contribution in [0.5, 0.6) is 0 Å². The normalized spacial score (nSPS) is 13.9. The van der Waals surface area contributed by atoms with Gasteiger partial charge in [-0.25, -0.2) is 0 Å². The van der Waals surface area contributed by atoms with Crippen molar-refractivity contribution in [2.45, 2.75) is 45.8 Å². The van der Waals surface area contributed by atoms with Crippen LogP contribution in [0.3, 0.4) is 0 Å². The Morgan fingerprint density at radius 1 is 0.552 bits per heavy atom. The molecule has 6 heteroatoms. The summed E-state index contributed by atoms with van der Waals surface area (Å²) in [4.78, 5) is 7.79. The van der Waals surface area contributed by atoms with Gasteiger partial charge >= 0.3 is 6.85 Å². The highest BCUT2D eigenvalue weighted by Gasteiger charge is 2.45. The quantitative estimate of drug-likeness (QED) is 0.163. The van der Waals surface area contributed by atoms with Crippen molar-refractivity contribution in [1.82, 2.24) is 4.48 Å². The average molecular weight is 779 g/mol. The van der Waals surface area contributed by atoms with Gasteiger partial charge in [0.1, 0.15) is 5.58 Å². The Morgan fingerprint density at radius 3 is 2.07 bits per heavy atom. The Bertz CT molecular complexity index is 3410. The largest absolute Gasteiger partial charge is 0.441 e. The van der Waals surface area contributed by atoms with Crippen molar-refractivity contribution in [2.75, 3.05) is 4.90 Å². The maximum Gasteiger partial charge on any atom is 0.336 e. The fourth-order valence-corrected chi connectivity index (χ4v) is 12.2. The maximum absolute atomic E-state index is 6.99. The number of anilines is 3. The number of fused-ring (bicyclic) bond motifs is 13. The lowest BCUT2D eigenvalue weighted by Crippen LogP contribution is -2.56. The molecule has 0 bridgehead atoms. The first-order chi connectivity index (χ1) is 28.4. The molecule has 0 atom stereocenters. The van der Waals surface area contributed by atoms with Crippen molar-refractivity contribution in [3.63, 3.8) is 0 Å². The predicted octanol–water partition coefficient (Wildman–Crippen LogP) is 13.7. The van der Waals surface area contributed by atoms with Crippen LogP contribution in [0.15, 0.2) is 182 Å². The van der Waals surface area contributed by atoms with Gasteiger partial charge in [-0.1, -0.05) is 153 Å². The number of para-hydroxylation sites is 2. The standard InChI is InChI=1S/C52H35BN2OS2/c1-52(2,3)32-24-25-39(37(27-32)30-14-5-4-6-15-30)54-40-29-46-45(57-43-22-11-12-23-44(43)58-46)28-38(40)53-49-41(54)26-31-16-7-8-17-33(31)47(49)35-19-13-20-36-48-34-18-9-10-21-42(34)56-51(48)55(53)50(35)36/h4-29H,1-3H3. The van der Waals surface area contributed by atoms with Gasteiger partial charge in [-0.3, -0.25) is 0 Å². The summed E-state index contributed by atoms with van der Waals surface area (Å²) in [5.74, 6) is 0. The fraction of sp³-hybridized carbons (Fsp3) is 0.0769. The molecule has 274 valence electrons. The van der Waals surface area contributed by atoms with Crippen LogP contribution in [0.2, 0.25) is 0 Å². The molecule has 13 rings (SSSR count). The number of hydrogen-bond donors (Lipinski definition) is 0. The zero-order valence-electron chi connectivity index (χ0n) is 32.2. The third-order valence-corrected chi connectivity index (χ3v) is 15.1. The zero-order valence-corrected chi connectivity index (χ0v) is 33.8. The van der Waals surface area contributed by atoms with E-state index in [1.165, 1.54) is 102 Å². The summed E-state index contributed by atoms with van der Waals surface area (Å²) in [7, 11) is 0. The Kier molecular flexibility index (Phi) is 6.68. The van der Waals surface area contributed by atoms with Gasteiger partial charge in [0.15, 0.2) is 5.71 Å². The SMILES string of the molecule is CC(C)(C)c1ccc(N2c3cc4c(cc3B3c5c2cc2ccccc2c5-c2cccc5c6c7ccccc7oc6n3c25)Sc2ccccc2S4)c(-c2ccccc2)c1. The van der Waals surface area contributed by atoms with E-state index in [1.54, 1.807) is 0 Å². The molecule has 0 aliphatic carbocycles. The number of furan rings is 1. The number of benzene rings is 8. The van der Waals surface area contributed by atoms with Gasteiger partial charge in [0.2, 0.25) is 0 Å². The molecule has 0 saturated carbocycles. The monoisotopic (exact) mass is 778 g/mol. The van der Waals surface area contributed by atoms with Crippen molar-refractivity contribution >= 4 is 102 Å². The van der Waals surface area contributed by atoms with Gasteiger partial charge in [-0.05, 0) is 92.3 Å². The van der Waals surface area contributed by atoms with Crippen LogP contribution in [-0.4, -0.2) is 11.3 Å². The molecule has 0 N–H and O–H groups in total. The Labute approximate surface area is 345 Å². The molecular weight excluding hydrogens is 744 g/mol. The fourth-order valence-electron chi connectivity index (χ4n) is 9.97. The molecule has 8 aromatic carbocycles. The molecule has 0 radical (unpaired) electrons. The Balaban J connectivity index is 1.20. The number of hydrogen-bond acceptors (Lipinski definition) is 4. The smallest absolute Gasteiger partial charge is 0.336 e. The summed E-state index contributed by atoms with van der Waals surface area (Å²) in [6.07, 6.45) is 0. The average Bonchev–Trinajstić information content (AvgIpc) is 3.79. The van der Waals surface area contributed by atoms with Gasteiger partial charge in [0, 0.05) is 58.4 Å². The van der Waals surface area contributed by atoms with Crippen molar-refractivity contribution in [1.29, 1.82) is 0 Å². The van der Waals surface area contributed by atoms with E-state index in [0.29, 0.717) is 0 Å². The molecule has 2 aromatic heterocycles. The van der Waals surface area contributed by atoms with Crippen LogP contribution < -0.4 is 15.8 Å². The summed E-state index contributed by atoms with van der Waals surface area (Å²) in [6.45, 7) is 6.80. The molecule has 10 aromatic rings. The first-order valence-corrected chi connectivity index (χ1v) is 21.7. The van der Waals surface area contributed by atoms with Gasteiger partial charge in [0.05, 0.1) is 11.1 Å². The minimum Gasteiger partial charge on any atom is -0.441 e. The Morgan fingerprint density at radius 2 is 1.26 bits per heavy atom. The van der Waals surface area contributed by atoms with E-state index < -0.39 is 0 Å². The van der Waals surface area contributed by atoms with Crippen molar-refractivity contribution in [2.24, 2.45) is 0 Å². The van der Waals surface area contributed by atoms with E-state index in [9.17, 15) is 0 Å². The Hall–Kier alpha value is -6.08. The zero-order chi connectivity index (χ0) is 38.4. The molecule has 3 aliphatic heterocycles. The highest BCUT2D eigenvalue weighted by atomic mass is 32.2. The summed E-state index contributed by atoms with van der Waals surface area (Å²) < 4.78 is 9.55. The maximum atomic E-state index is 6.99. The second-order valence-electron chi connectivity index (χ2n) is 16.9. The number of aromatic nitrogens is 1. The molecule has 0 fully saturated rings. The van der Waals surface area contributed by atoms with E-state index in [1.807, 2.05) is 23.5 Å². The molecule has 0 amide bonds. The highest BCUT2D eigenvalue weighted by molar-refractivity contribution is 8.05. The van der Waals surface area contributed by atoms with Crippen molar-refractivity contribution < 1.29 is 4.42 Å². The van der Waals surface area contributed by atoms with Crippen molar-refractivity contribution in [3.05, 3.63) is 163 Å². The lowest BCUT2D eigenvalue weighted by molar-refractivity contribution is 0.590. The second-order valence-corrected chi connectivity index (χ2v) is 19.0. The molecular formula is C52H35BN2OS2. The van der Waals surface area contributed by atoms with Gasteiger partial charge in [-0.2, -0.15) is 0 Å². The summed E-state index contributed by atoms with van der Waals surface area (Å²) >= 11 is 3.78.